The Morgan fingerprint density at radius 2 is 0.683 bits per heavy atom. The molecule has 0 bridgehead atoms. The quantitative estimate of drug-likeness (QED) is 0.135. The number of furan rings is 2. The minimum Gasteiger partial charge on any atom is -0.455 e. The predicted molar refractivity (Wildman–Crippen MR) is 439 cm³/mol. The number of fused-ring (bicyclic) bond motifs is 13. The van der Waals surface area contributed by atoms with Crippen molar-refractivity contribution in [3.05, 3.63) is 339 Å². The first kappa shape index (κ1) is 61.3. The SMILES string of the molecule is CC(C)(C)c1ccc2c(c1)c1cc(C(C)(C)C)ccc1n2-c1ccc2c(c1)N(c1c(-c3ccccc3)cc(-c3ccccc3)c3oc4ccccc4c13)c1cc(-c3ccccc3)cc3c1B2c1cc(-c2ccccc2)ccc1N3c1c(-c2ccccc2)cc(-c2ccccc2)c2oc3ccccc3c12. The van der Waals surface area contributed by atoms with Gasteiger partial charge in [0, 0.05) is 72.2 Å². The van der Waals surface area contributed by atoms with Gasteiger partial charge in [-0.3, -0.25) is 0 Å². The van der Waals surface area contributed by atoms with E-state index in [2.05, 4.69) is 383 Å². The fraction of sp³-hybridized carbons (Fsp3) is 0.0816. The van der Waals surface area contributed by atoms with Crippen LogP contribution in [0, 0.1) is 0 Å². The van der Waals surface area contributed by atoms with Crippen molar-refractivity contribution in [2.24, 2.45) is 0 Å². The molecule has 0 atom stereocenters. The molecule has 0 fully saturated rings. The van der Waals surface area contributed by atoms with Crippen molar-refractivity contribution in [1.29, 1.82) is 0 Å². The lowest BCUT2D eigenvalue weighted by molar-refractivity contribution is 0.590. The van der Waals surface area contributed by atoms with Gasteiger partial charge in [0.15, 0.2) is 0 Å². The summed E-state index contributed by atoms with van der Waals surface area (Å²) in [5, 5.41) is 6.63. The van der Waals surface area contributed by atoms with Crippen LogP contribution in [-0.2, 0) is 10.8 Å². The van der Waals surface area contributed by atoms with Gasteiger partial charge in [-0.05, 0) is 162 Å². The van der Waals surface area contributed by atoms with Crippen molar-refractivity contribution in [2.45, 2.75) is 52.4 Å². The van der Waals surface area contributed by atoms with Crippen molar-refractivity contribution in [2.75, 3.05) is 9.80 Å². The molecule has 2 aliphatic heterocycles. The van der Waals surface area contributed by atoms with Gasteiger partial charge < -0.3 is 23.2 Å². The summed E-state index contributed by atoms with van der Waals surface area (Å²) in [4.78, 5) is 5.31. The molecular weight excluding hydrogens is 1260 g/mol. The number of hydrogen-bond donors (Lipinski definition) is 0. The smallest absolute Gasteiger partial charge is 0.252 e. The molecule has 0 aliphatic carbocycles. The van der Waals surface area contributed by atoms with Crippen LogP contribution in [0.1, 0.15) is 52.7 Å². The molecule has 3 aromatic heterocycles. The lowest BCUT2D eigenvalue weighted by atomic mass is 9.33. The van der Waals surface area contributed by atoms with Crippen LogP contribution in [0.2, 0.25) is 0 Å². The number of rotatable bonds is 9. The average Bonchev–Trinajstić information content (AvgIpc) is 0.932. The Balaban J connectivity index is 0.985. The first-order chi connectivity index (χ1) is 50.9. The van der Waals surface area contributed by atoms with Crippen LogP contribution >= 0.6 is 0 Å². The molecule has 0 unspecified atom stereocenters. The third-order valence-electron chi connectivity index (χ3n) is 22.0. The highest BCUT2D eigenvalue weighted by Crippen LogP contribution is 2.57. The maximum Gasteiger partial charge on any atom is 0.252 e. The van der Waals surface area contributed by atoms with Gasteiger partial charge in [0.2, 0.25) is 0 Å². The number of nitrogens with zero attached hydrogens (tertiary/aromatic N) is 3. The maximum absolute atomic E-state index is 7.45. The van der Waals surface area contributed by atoms with Crippen LogP contribution < -0.4 is 26.2 Å². The molecule has 0 saturated heterocycles. The van der Waals surface area contributed by atoms with Crippen LogP contribution in [0.25, 0.3) is 138 Å². The number of hydrogen-bond acceptors (Lipinski definition) is 4. The Labute approximate surface area is 605 Å². The summed E-state index contributed by atoms with van der Waals surface area (Å²) in [5.74, 6) is 0. The van der Waals surface area contributed by atoms with Crippen LogP contribution in [0.4, 0.5) is 34.1 Å². The van der Waals surface area contributed by atoms with E-state index >= 15 is 0 Å². The lowest BCUT2D eigenvalue weighted by Gasteiger charge is -2.45. The first-order valence-corrected chi connectivity index (χ1v) is 36.3. The molecule has 0 amide bonds. The number of benzene rings is 15. The third kappa shape index (κ3) is 9.62. The van der Waals surface area contributed by atoms with Gasteiger partial charge >= 0.3 is 0 Å². The highest BCUT2D eigenvalue weighted by Gasteiger charge is 2.46. The largest absolute Gasteiger partial charge is 0.455 e. The van der Waals surface area contributed by atoms with Crippen molar-refractivity contribution >= 4 is 123 Å². The molecule has 2 aliphatic rings. The van der Waals surface area contributed by atoms with Crippen molar-refractivity contribution < 1.29 is 8.83 Å². The normalized spacial score (nSPS) is 12.8. The summed E-state index contributed by atoms with van der Waals surface area (Å²) in [6.45, 7) is 13.6. The van der Waals surface area contributed by atoms with Gasteiger partial charge in [-0.15, -0.1) is 0 Å². The fourth-order valence-corrected chi connectivity index (χ4v) is 17.0. The van der Waals surface area contributed by atoms with Crippen LogP contribution in [0.3, 0.4) is 0 Å². The Kier molecular flexibility index (Phi) is 13.8. The summed E-state index contributed by atoms with van der Waals surface area (Å²) < 4.78 is 17.3. The van der Waals surface area contributed by atoms with Gasteiger partial charge in [0.05, 0.1) is 33.2 Å². The first-order valence-electron chi connectivity index (χ1n) is 36.3. The molecule has 15 aromatic carbocycles. The minimum atomic E-state index is -0.303. The molecule has 494 valence electrons. The van der Waals surface area contributed by atoms with E-state index in [-0.39, 0.29) is 17.5 Å². The van der Waals surface area contributed by atoms with E-state index in [1.165, 1.54) is 38.3 Å². The molecule has 20 rings (SSSR count). The van der Waals surface area contributed by atoms with E-state index in [0.29, 0.717) is 0 Å². The van der Waals surface area contributed by atoms with Crippen LogP contribution in [0.5, 0.6) is 0 Å². The topological polar surface area (TPSA) is 37.7 Å². The van der Waals surface area contributed by atoms with E-state index < -0.39 is 0 Å². The van der Waals surface area contributed by atoms with E-state index in [1.807, 2.05) is 0 Å². The van der Waals surface area contributed by atoms with Gasteiger partial charge in [-0.25, -0.2) is 0 Å². The molecule has 5 nitrogen and oxygen atoms in total. The predicted octanol–water partition coefficient (Wildman–Crippen LogP) is 25.3. The standard InChI is InChI=1S/C98H72BN3O2/c1-97(2,3)69-46-51-82-78(56-69)79-57-70(98(4,5)6)47-52-83(79)100(82)71-48-49-80-85(58-71)102(94-75(64-35-19-10-20-36-64)60-77(66-39-23-12-24-40-66)96-91(94)73-42-26-28-44-89(73)104-96)87-55-68(62-31-15-8-16-32-62)54-86-92(87)99(80)81-53-67(61-29-13-7-14-30-61)45-50-84(81)101(86)93-74(63-33-17-9-18-34-63)59-76(65-37-21-11-22-38-65)95-90(93)72-41-25-27-43-88(72)103-95/h7-60H,1-6H3. The second-order valence-electron chi connectivity index (χ2n) is 30.3. The van der Waals surface area contributed by atoms with Crippen molar-refractivity contribution in [3.8, 4) is 72.4 Å². The second-order valence-corrected chi connectivity index (χ2v) is 30.3. The Morgan fingerprint density at radius 1 is 0.279 bits per heavy atom. The third-order valence-corrected chi connectivity index (χ3v) is 22.0. The minimum absolute atomic E-state index is 0.0736. The van der Waals surface area contributed by atoms with Gasteiger partial charge in [0.25, 0.3) is 6.71 Å². The van der Waals surface area contributed by atoms with Gasteiger partial charge in [-0.1, -0.05) is 290 Å². The van der Waals surface area contributed by atoms with E-state index in [4.69, 9.17) is 8.83 Å². The van der Waals surface area contributed by atoms with E-state index in [0.717, 1.165) is 161 Å². The molecule has 0 N–H and O–H groups in total. The fourth-order valence-electron chi connectivity index (χ4n) is 17.0. The zero-order chi connectivity index (χ0) is 69.7. The molecule has 0 spiro atoms. The van der Waals surface area contributed by atoms with E-state index in [9.17, 15) is 0 Å². The lowest BCUT2D eigenvalue weighted by Crippen LogP contribution is -2.61. The van der Waals surface area contributed by atoms with E-state index in [1.54, 1.807) is 0 Å². The summed E-state index contributed by atoms with van der Waals surface area (Å²) in [7, 11) is 0. The zero-order valence-electron chi connectivity index (χ0n) is 58.9. The second kappa shape index (κ2) is 23.5. The number of anilines is 6. The molecule has 5 heterocycles. The average molecular weight is 1330 g/mol. The highest BCUT2D eigenvalue weighted by atomic mass is 16.3. The van der Waals surface area contributed by atoms with Crippen molar-refractivity contribution in [3.63, 3.8) is 0 Å². The number of para-hydroxylation sites is 2. The summed E-state index contributed by atoms with van der Waals surface area (Å²) in [6, 6.07) is 122. The Hall–Kier alpha value is -12.6. The van der Waals surface area contributed by atoms with Crippen LogP contribution in [0.15, 0.2) is 336 Å². The highest BCUT2D eigenvalue weighted by molar-refractivity contribution is 7.00. The molecule has 0 radical (unpaired) electrons. The van der Waals surface area contributed by atoms with Gasteiger partial charge in [0.1, 0.15) is 22.3 Å². The Bertz CT molecular complexity index is 6410. The zero-order valence-corrected chi connectivity index (χ0v) is 58.9. The maximum atomic E-state index is 7.45. The Morgan fingerprint density at radius 3 is 1.13 bits per heavy atom. The summed E-state index contributed by atoms with van der Waals surface area (Å²) in [6.07, 6.45) is 0. The summed E-state index contributed by atoms with van der Waals surface area (Å²) in [5.41, 5.74) is 32.1. The molecule has 104 heavy (non-hydrogen) atoms. The number of aromatic nitrogens is 1. The molecule has 18 aromatic rings. The molecule has 6 heteroatoms. The van der Waals surface area contributed by atoms with Crippen LogP contribution in [-0.4, -0.2) is 11.3 Å². The molecule has 0 saturated carbocycles. The summed E-state index contributed by atoms with van der Waals surface area (Å²) >= 11 is 0. The monoisotopic (exact) mass is 1330 g/mol. The van der Waals surface area contributed by atoms with Gasteiger partial charge in [-0.2, -0.15) is 0 Å². The van der Waals surface area contributed by atoms with Crippen molar-refractivity contribution in [1.82, 2.24) is 4.57 Å². The molecular formula is C98H72BN3O2.